The van der Waals surface area contributed by atoms with Gasteiger partial charge in [0.15, 0.2) is 0 Å². The van der Waals surface area contributed by atoms with Crippen molar-refractivity contribution in [1.29, 1.82) is 0 Å². The van der Waals surface area contributed by atoms with Gasteiger partial charge in [-0.1, -0.05) is 6.07 Å². The minimum absolute atomic E-state index is 0.0118. The van der Waals surface area contributed by atoms with Crippen molar-refractivity contribution in [3.8, 4) is 5.75 Å². The average molecular weight is 370 g/mol. The summed E-state index contributed by atoms with van der Waals surface area (Å²) in [7, 11) is 0. The van der Waals surface area contributed by atoms with Crippen LogP contribution in [0.15, 0.2) is 24.4 Å². The predicted octanol–water partition coefficient (Wildman–Crippen LogP) is 3.97. The largest absolute Gasteiger partial charge is 0.573 e. The van der Waals surface area contributed by atoms with Gasteiger partial charge in [-0.25, -0.2) is 9.07 Å². The molecule has 0 saturated heterocycles. The quantitative estimate of drug-likeness (QED) is 0.811. The maximum atomic E-state index is 14.4. The number of rotatable bonds is 5. The molecule has 1 saturated carbocycles. The molecule has 1 aliphatic carbocycles. The van der Waals surface area contributed by atoms with Crippen LogP contribution in [0.1, 0.15) is 38.3 Å². The first-order valence-corrected chi connectivity index (χ1v) is 7.95. The second kappa shape index (κ2) is 6.30. The summed E-state index contributed by atoms with van der Waals surface area (Å²) in [5, 5.41) is 6.74. The fourth-order valence-corrected chi connectivity index (χ4v) is 2.81. The Morgan fingerprint density at radius 1 is 1.38 bits per heavy atom. The fraction of sp³-hybridized carbons (Fsp3) is 0.412. The number of alkyl halides is 3. The first-order chi connectivity index (χ1) is 12.1. The summed E-state index contributed by atoms with van der Waals surface area (Å²) in [6.07, 6.45) is -2.71. The summed E-state index contributed by atoms with van der Waals surface area (Å²) in [5.74, 6) is -1.67. The average Bonchev–Trinajstić information content (AvgIpc) is 3.18. The zero-order valence-electron chi connectivity index (χ0n) is 14.0. The first kappa shape index (κ1) is 18.2. The number of amides is 1. The molecule has 1 heterocycles. The number of hydrogen-bond donors (Lipinski definition) is 1. The second-order valence-electron chi connectivity index (χ2n) is 6.40. The Morgan fingerprint density at radius 2 is 2.08 bits per heavy atom. The lowest BCUT2D eigenvalue weighted by atomic mass is 9.94. The third kappa shape index (κ3) is 3.51. The molecule has 0 bridgehead atoms. The number of carbonyl (C=O) groups is 1. The number of benzene rings is 1. The summed E-state index contributed by atoms with van der Waals surface area (Å²) < 4.78 is 56.3. The van der Waals surface area contributed by atoms with Crippen LogP contribution in [0, 0.1) is 11.9 Å². The van der Waals surface area contributed by atoms with E-state index >= 15 is 0 Å². The van der Waals surface area contributed by atoms with Gasteiger partial charge < -0.3 is 10.1 Å². The Kier molecular flexibility index (Phi) is 4.41. The van der Waals surface area contributed by atoms with Crippen LogP contribution in [0.5, 0.6) is 5.75 Å². The molecule has 1 N–H and O–H groups in total. The Bertz CT molecular complexity index is 826. The molecule has 5 nitrogen and oxygen atoms in total. The van der Waals surface area contributed by atoms with Crippen LogP contribution in [0.2, 0.25) is 0 Å². The minimum atomic E-state index is -4.91. The molecular weight excluding hydrogens is 354 g/mol. The third-order valence-corrected chi connectivity index (χ3v) is 4.21. The van der Waals surface area contributed by atoms with Crippen molar-refractivity contribution in [3.05, 3.63) is 41.8 Å². The van der Waals surface area contributed by atoms with E-state index in [4.69, 9.17) is 0 Å². The normalized spacial score (nSPS) is 15.8. The molecule has 3 rings (SSSR count). The number of hydrogen-bond acceptors (Lipinski definition) is 3. The first-order valence-electron chi connectivity index (χ1n) is 7.95. The standard InChI is InChI=1S/C17H16F4N3O2/c1-10(2)24-14(5-8-22-24)23-15(25)16(6-7-16)12-4-3-11(9-13(12)18)26-17(19,20)21/h3-4,8-10H,6-7H2,1-2H3,(H,23,25). The van der Waals surface area contributed by atoms with E-state index in [0.29, 0.717) is 24.7 Å². The van der Waals surface area contributed by atoms with E-state index in [2.05, 4.69) is 21.2 Å². The van der Waals surface area contributed by atoms with E-state index in [0.717, 1.165) is 12.1 Å². The number of halogens is 4. The lowest BCUT2D eigenvalue weighted by molar-refractivity contribution is -0.274. The Balaban J connectivity index is 1.82. The fourth-order valence-electron chi connectivity index (χ4n) is 2.81. The van der Waals surface area contributed by atoms with E-state index in [-0.39, 0.29) is 11.6 Å². The monoisotopic (exact) mass is 370 g/mol. The van der Waals surface area contributed by atoms with Gasteiger partial charge in [-0.3, -0.25) is 4.79 Å². The molecule has 1 amide bonds. The number of anilines is 1. The molecule has 0 unspecified atom stereocenters. The summed E-state index contributed by atoms with van der Waals surface area (Å²) in [6, 6.07) is 5.59. The summed E-state index contributed by atoms with van der Waals surface area (Å²) >= 11 is 0. The van der Waals surface area contributed by atoms with Crippen LogP contribution >= 0.6 is 0 Å². The van der Waals surface area contributed by atoms with Gasteiger partial charge in [0.25, 0.3) is 0 Å². The van der Waals surface area contributed by atoms with Crippen LogP contribution in [0.25, 0.3) is 0 Å². The SMILES string of the molecule is CC(C)n1nc[c]c1NC(=O)C1(c2ccc(OC(F)(F)F)cc2F)CC1. The molecule has 139 valence electrons. The van der Waals surface area contributed by atoms with Gasteiger partial charge in [-0.05, 0) is 32.8 Å². The highest BCUT2D eigenvalue weighted by Gasteiger charge is 2.53. The van der Waals surface area contributed by atoms with Crippen molar-refractivity contribution < 1.29 is 27.1 Å². The number of nitrogens with zero attached hydrogens (tertiary/aromatic N) is 2. The third-order valence-electron chi connectivity index (χ3n) is 4.21. The molecule has 9 heteroatoms. The van der Waals surface area contributed by atoms with Crippen LogP contribution in [0.3, 0.4) is 0 Å². The topological polar surface area (TPSA) is 56.2 Å². The molecule has 1 radical (unpaired) electrons. The summed E-state index contributed by atoms with van der Waals surface area (Å²) in [5.41, 5.74) is -1.07. The van der Waals surface area contributed by atoms with Gasteiger partial charge in [-0.15, -0.1) is 13.2 Å². The van der Waals surface area contributed by atoms with Gasteiger partial charge in [0.2, 0.25) is 5.91 Å². The molecule has 26 heavy (non-hydrogen) atoms. The number of nitrogens with one attached hydrogen (secondary N) is 1. The molecule has 1 aromatic heterocycles. The lowest BCUT2D eigenvalue weighted by Crippen LogP contribution is -2.30. The summed E-state index contributed by atoms with van der Waals surface area (Å²) in [6.45, 7) is 3.75. The number of carbonyl (C=O) groups excluding carboxylic acids is 1. The zero-order valence-corrected chi connectivity index (χ0v) is 14.0. The van der Waals surface area contributed by atoms with Crippen LogP contribution < -0.4 is 10.1 Å². The van der Waals surface area contributed by atoms with Gasteiger partial charge in [0.1, 0.15) is 17.4 Å². The molecule has 1 fully saturated rings. The highest BCUT2D eigenvalue weighted by atomic mass is 19.4. The van der Waals surface area contributed by atoms with E-state index in [9.17, 15) is 22.4 Å². The van der Waals surface area contributed by atoms with E-state index < -0.39 is 29.3 Å². The lowest BCUT2D eigenvalue weighted by Gasteiger charge is -2.18. The zero-order chi connectivity index (χ0) is 19.1. The van der Waals surface area contributed by atoms with Gasteiger partial charge in [-0.2, -0.15) is 5.10 Å². The van der Waals surface area contributed by atoms with Crippen molar-refractivity contribution in [2.45, 2.75) is 44.5 Å². The maximum absolute atomic E-state index is 14.4. The molecule has 0 spiro atoms. The molecule has 1 aromatic carbocycles. The second-order valence-corrected chi connectivity index (χ2v) is 6.40. The van der Waals surface area contributed by atoms with Crippen molar-refractivity contribution in [1.82, 2.24) is 9.78 Å². The molecule has 2 aromatic rings. The molecule has 0 atom stereocenters. The van der Waals surface area contributed by atoms with Gasteiger partial charge in [0.05, 0.1) is 11.6 Å². The van der Waals surface area contributed by atoms with E-state index in [1.54, 1.807) is 4.68 Å². The Morgan fingerprint density at radius 3 is 2.62 bits per heavy atom. The van der Waals surface area contributed by atoms with Crippen molar-refractivity contribution in [3.63, 3.8) is 0 Å². The van der Waals surface area contributed by atoms with Gasteiger partial charge >= 0.3 is 6.36 Å². The van der Waals surface area contributed by atoms with Crippen LogP contribution in [-0.4, -0.2) is 22.1 Å². The Labute approximate surface area is 146 Å². The number of ether oxygens (including phenoxy) is 1. The minimum Gasteiger partial charge on any atom is -0.406 e. The van der Waals surface area contributed by atoms with Crippen LogP contribution in [-0.2, 0) is 10.2 Å². The van der Waals surface area contributed by atoms with Crippen molar-refractivity contribution >= 4 is 11.7 Å². The summed E-state index contributed by atoms with van der Waals surface area (Å²) in [4.78, 5) is 12.7. The molecular formula is C17H16F4N3O2. The van der Waals surface area contributed by atoms with Crippen molar-refractivity contribution in [2.75, 3.05) is 5.32 Å². The van der Waals surface area contributed by atoms with Gasteiger partial charge in [0, 0.05) is 23.7 Å². The van der Waals surface area contributed by atoms with E-state index in [1.165, 1.54) is 6.20 Å². The number of aromatic nitrogens is 2. The predicted molar refractivity (Wildman–Crippen MR) is 84.1 cm³/mol. The van der Waals surface area contributed by atoms with E-state index in [1.807, 2.05) is 13.8 Å². The highest BCUT2D eigenvalue weighted by Crippen LogP contribution is 2.50. The molecule has 1 aliphatic rings. The smallest absolute Gasteiger partial charge is 0.406 e. The van der Waals surface area contributed by atoms with Crippen molar-refractivity contribution in [2.24, 2.45) is 0 Å². The Hall–Kier alpha value is -2.58. The maximum Gasteiger partial charge on any atom is 0.573 e. The molecule has 0 aliphatic heterocycles. The highest BCUT2D eigenvalue weighted by molar-refractivity contribution is 6.00. The van der Waals surface area contributed by atoms with Crippen LogP contribution in [0.4, 0.5) is 23.4 Å².